The standard InChI is InChI=1S/C16H20N6/c1-3-22-16(17-12-18-22)11-21(2)10-14-9-15(20-19-14)13-7-5-4-6-8-13/h4-9,12H,3,10-11H2,1-2H3,(H,19,20). The van der Waals surface area contributed by atoms with E-state index >= 15 is 0 Å². The minimum absolute atomic E-state index is 0.757. The van der Waals surface area contributed by atoms with E-state index < -0.39 is 0 Å². The van der Waals surface area contributed by atoms with Gasteiger partial charge in [-0.15, -0.1) is 0 Å². The lowest BCUT2D eigenvalue weighted by atomic mass is 10.1. The molecule has 0 radical (unpaired) electrons. The molecule has 0 unspecified atom stereocenters. The summed E-state index contributed by atoms with van der Waals surface area (Å²) in [6, 6.07) is 12.3. The summed E-state index contributed by atoms with van der Waals surface area (Å²) in [6.45, 7) is 4.45. The summed E-state index contributed by atoms with van der Waals surface area (Å²) in [6.07, 6.45) is 1.61. The first-order valence-electron chi connectivity index (χ1n) is 7.41. The first-order chi connectivity index (χ1) is 10.8. The predicted molar refractivity (Wildman–Crippen MR) is 84.9 cm³/mol. The van der Waals surface area contributed by atoms with E-state index in [1.165, 1.54) is 0 Å². The third kappa shape index (κ3) is 3.23. The van der Waals surface area contributed by atoms with Crippen LogP contribution in [0.3, 0.4) is 0 Å². The number of rotatable bonds is 6. The van der Waals surface area contributed by atoms with Gasteiger partial charge in [0, 0.05) is 24.3 Å². The molecule has 0 amide bonds. The van der Waals surface area contributed by atoms with Crippen LogP contribution < -0.4 is 0 Å². The molecule has 0 bridgehead atoms. The monoisotopic (exact) mass is 296 g/mol. The Labute approximate surface area is 129 Å². The van der Waals surface area contributed by atoms with E-state index in [2.05, 4.69) is 57.4 Å². The van der Waals surface area contributed by atoms with Crippen molar-refractivity contribution in [1.29, 1.82) is 0 Å². The van der Waals surface area contributed by atoms with E-state index in [1.807, 2.05) is 22.9 Å². The number of H-pyrrole nitrogens is 1. The van der Waals surface area contributed by atoms with Crippen LogP contribution in [0.5, 0.6) is 0 Å². The van der Waals surface area contributed by atoms with E-state index in [0.717, 1.165) is 42.4 Å². The highest BCUT2D eigenvalue weighted by Crippen LogP contribution is 2.17. The Morgan fingerprint density at radius 1 is 1.18 bits per heavy atom. The highest BCUT2D eigenvalue weighted by atomic mass is 15.3. The lowest BCUT2D eigenvalue weighted by Crippen LogP contribution is -2.20. The molecule has 0 aliphatic rings. The zero-order chi connectivity index (χ0) is 15.4. The lowest BCUT2D eigenvalue weighted by Gasteiger charge is -2.14. The number of aromatic amines is 1. The maximum atomic E-state index is 4.39. The topological polar surface area (TPSA) is 62.6 Å². The maximum absolute atomic E-state index is 4.39. The van der Waals surface area contributed by atoms with Crippen LogP contribution in [0.4, 0.5) is 0 Å². The number of hydrogen-bond donors (Lipinski definition) is 1. The molecule has 6 nitrogen and oxygen atoms in total. The zero-order valence-corrected chi connectivity index (χ0v) is 12.9. The van der Waals surface area contributed by atoms with Gasteiger partial charge in [0.2, 0.25) is 0 Å². The number of aromatic nitrogens is 5. The Morgan fingerprint density at radius 3 is 2.77 bits per heavy atom. The summed E-state index contributed by atoms with van der Waals surface area (Å²) >= 11 is 0. The highest BCUT2D eigenvalue weighted by molar-refractivity contribution is 5.58. The summed E-state index contributed by atoms with van der Waals surface area (Å²) in [5.41, 5.74) is 3.18. The van der Waals surface area contributed by atoms with E-state index in [0.29, 0.717) is 0 Å². The highest BCUT2D eigenvalue weighted by Gasteiger charge is 2.09. The minimum atomic E-state index is 0.757. The SMILES string of the molecule is CCn1ncnc1CN(C)Cc1cc(-c2ccccc2)n[nH]1. The molecule has 6 heteroatoms. The molecule has 1 N–H and O–H groups in total. The Morgan fingerprint density at radius 2 is 2.00 bits per heavy atom. The molecule has 2 heterocycles. The van der Waals surface area contributed by atoms with Crippen LogP contribution in [0.1, 0.15) is 18.4 Å². The van der Waals surface area contributed by atoms with Gasteiger partial charge in [-0.25, -0.2) is 9.67 Å². The van der Waals surface area contributed by atoms with Crippen molar-refractivity contribution in [3.05, 3.63) is 54.2 Å². The Balaban J connectivity index is 1.65. The predicted octanol–water partition coefficient (Wildman–Crippen LogP) is 2.32. The lowest BCUT2D eigenvalue weighted by molar-refractivity contribution is 0.299. The maximum Gasteiger partial charge on any atom is 0.140 e. The number of hydrogen-bond acceptors (Lipinski definition) is 4. The summed E-state index contributed by atoms with van der Waals surface area (Å²) < 4.78 is 1.92. The van der Waals surface area contributed by atoms with Gasteiger partial charge in [-0.3, -0.25) is 10.00 Å². The molecule has 2 aromatic heterocycles. The second kappa shape index (κ2) is 6.53. The first-order valence-corrected chi connectivity index (χ1v) is 7.41. The summed E-state index contributed by atoms with van der Waals surface area (Å²) in [5.74, 6) is 0.979. The van der Waals surface area contributed by atoms with Crippen molar-refractivity contribution >= 4 is 0 Å². The number of nitrogens with zero attached hydrogens (tertiary/aromatic N) is 5. The third-order valence-electron chi connectivity index (χ3n) is 3.55. The molecule has 0 atom stereocenters. The van der Waals surface area contributed by atoms with Crippen LogP contribution in [-0.4, -0.2) is 36.9 Å². The van der Waals surface area contributed by atoms with Gasteiger partial charge in [0.05, 0.1) is 12.2 Å². The molecule has 22 heavy (non-hydrogen) atoms. The van der Waals surface area contributed by atoms with Gasteiger partial charge < -0.3 is 0 Å². The van der Waals surface area contributed by atoms with Crippen molar-refractivity contribution in [1.82, 2.24) is 29.9 Å². The molecule has 0 aliphatic carbocycles. The van der Waals surface area contributed by atoms with Crippen molar-refractivity contribution in [3.63, 3.8) is 0 Å². The Bertz CT molecular complexity index is 715. The number of aryl methyl sites for hydroxylation is 1. The fourth-order valence-corrected chi connectivity index (χ4v) is 2.46. The van der Waals surface area contributed by atoms with Gasteiger partial charge in [-0.05, 0) is 20.0 Å². The van der Waals surface area contributed by atoms with Crippen molar-refractivity contribution in [2.24, 2.45) is 0 Å². The molecule has 3 aromatic rings. The fourth-order valence-electron chi connectivity index (χ4n) is 2.46. The molecule has 3 rings (SSSR count). The zero-order valence-electron chi connectivity index (χ0n) is 12.9. The minimum Gasteiger partial charge on any atom is -0.293 e. The normalized spacial score (nSPS) is 11.2. The van der Waals surface area contributed by atoms with E-state index in [9.17, 15) is 0 Å². The molecular weight excluding hydrogens is 276 g/mol. The smallest absolute Gasteiger partial charge is 0.140 e. The average Bonchev–Trinajstić information content (AvgIpc) is 3.17. The first kappa shape index (κ1) is 14.5. The van der Waals surface area contributed by atoms with Gasteiger partial charge in [0.15, 0.2) is 0 Å². The van der Waals surface area contributed by atoms with E-state index in [1.54, 1.807) is 6.33 Å². The van der Waals surface area contributed by atoms with Crippen LogP contribution in [0, 0.1) is 0 Å². The van der Waals surface area contributed by atoms with Crippen LogP contribution in [0.2, 0.25) is 0 Å². The molecule has 1 aromatic carbocycles. The van der Waals surface area contributed by atoms with Gasteiger partial charge in [-0.2, -0.15) is 10.2 Å². The second-order valence-electron chi connectivity index (χ2n) is 5.31. The summed E-state index contributed by atoms with van der Waals surface area (Å²) in [4.78, 5) is 6.50. The molecule has 0 saturated heterocycles. The Kier molecular flexibility index (Phi) is 4.29. The van der Waals surface area contributed by atoms with Gasteiger partial charge >= 0.3 is 0 Å². The van der Waals surface area contributed by atoms with Gasteiger partial charge in [-0.1, -0.05) is 30.3 Å². The van der Waals surface area contributed by atoms with Crippen molar-refractivity contribution < 1.29 is 0 Å². The van der Waals surface area contributed by atoms with Crippen molar-refractivity contribution in [2.45, 2.75) is 26.6 Å². The summed E-state index contributed by atoms with van der Waals surface area (Å²) in [5, 5.41) is 11.7. The second-order valence-corrected chi connectivity index (χ2v) is 5.31. The van der Waals surface area contributed by atoms with Crippen LogP contribution in [0.15, 0.2) is 42.7 Å². The van der Waals surface area contributed by atoms with Crippen molar-refractivity contribution in [2.75, 3.05) is 7.05 Å². The summed E-state index contributed by atoms with van der Waals surface area (Å²) in [7, 11) is 2.07. The van der Waals surface area contributed by atoms with Gasteiger partial charge in [0.1, 0.15) is 12.2 Å². The fraction of sp³-hybridized carbons (Fsp3) is 0.312. The molecule has 0 saturated carbocycles. The average molecular weight is 296 g/mol. The molecule has 0 fully saturated rings. The molecule has 114 valence electrons. The van der Waals surface area contributed by atoms with Crippen LogP contribution >= 0.6 is 0 Å². The van der Waals surface area contributed by atoms with Crippen molar-refractivity contribution in [3.8, 4) is 11.3 Å². The molecular formula is C16H20N6. The quantitative estimate of drug-likeness (QED) is 0.758. The van der Waals surface area contributed by atoms with Gasteiger partial charge in [0.25, 0.3) is 0 Å². The number of benzene rings is 1. The van der Waals surface area contributed by atoms with Crippen LogP contribution in [0.25, 0.3) is 11.3 Å². The van der Waals surface area contributed by atoms with Crippen LogP contribution in [-0.2, 0) is 19.6 Å². The molecule has 0 spiro atoms. The largest absolute Gasteiger partial charge is 0.293 e. The number of nitrogens with one attached hydrogen (secondary N) is 1. The Hall–Kier alpha value is -2.47. The van der Waals surface area contributed by atoms with E-state index in [4.69, 9.17) is 0 Å². The van der Waals surface area contributed by atoms with E-state index in [-0.39, 0.29) is 0 Å². The third-order valence-corrected chi connectivity index (χ3v) is 3.55. The molecule has 0 aliphatic heterocycles.